The van der Waals surface area contributed by atoms with Crippen LogP contribution in [-0.2, 0) is 24.3 Å². The molecule has 0 radical (unpaired) electrons. The van der Waals surface area contributed by atoms with Gasteiger partial charge in [0.25, 0.3) is 0 Å². The van der Waals surface area contributed by atoms with E-state index in [-0.39, 0.29) is 11.4 Å². The van der Waals surface area contributed by atoms with Gasteiger partial charge in [-0.15, -0.1) is 0 Å². The molecule has 2 aromatic heterocycles. The second-order valence-electron chi connectivity index (χ2n) is 11.0. The Morgan fingerprint density at radius 2 is 1.95 bits per heavy atom. The fraction of sp³-hybridized carbons (Fsp3) is 0.364. The predicted molar refractivity (Wildman–Crippen MR) is 159 cm³/mol. The molecule has 4 heterocycles. The topological polar surface area (TPSA) is 98.9 Å². The van der Waals surface area contributed by atoms with Gasteiger partial charge in [0.2, 0.25) is 5.88 Å². The minimum absolute atomic E-state index is 0.0269. The number of hydrogen-bond acceptors (Lipinski definition) is 7. The highest BCUT2D eigenvalue weighted by Crippen LogP contribution is 2.33. The Kier molecular flexibility index (Phi) is 7.95. The number of carboxylic acids is 1. The van der Waals surface area contributed by atoms with E-state index in [1.807, 2.05) is 31.2 Å². The Labute approximate surface area is 245 Å². The van der Waals surface area contributed by atoms with E-state index >= 15 is 0 Å². The van der Waals surface area contributed by atoms with Gasteiger partial charge in [0.15, 0.2) is 5.82 Å². The average molecular weight is 569 g/mol. The highest BCUT2D eigenvalue weighted by molar-refractivity contribution is 5.90. The van der Waals surface area contributed by atoms with Gasteiger partial charge in [-0.2, -0.15) is 9.78 Å². The van der Waals surface area contributed by atoms with Crippen molar-refractivity contribution >= 4 is 5.97 Å². The van der Waals surface area contributed by atoms with E-state index in [1.165, 1.54) is 40.2 Å². The van der Waals surface area contributed by atoms with Gasteiger partial charge < -0.3 is 19.3 Å². The molecule has 0 atom stereocenters. The van der Waals surface area contributed by atoms with Crippen LogP contribution >= 0.6 is 0 Å². The molecule has 2 aromatic carbocycles. The second kappa shape index (κ2) is 12.0. The lowest BCUT2D eigenvalue weighted by atomic mass is 9.90. The first kappa shape index (κ1) is 27.9. The zero-order chi connectivity index (χ0) is 29.2. The molecule has 218 valence electrons. The van der Waals surface area contributed by atoms with Gasteiger partial charge in [0.05, 0.1) is 19.0 Å². The van der Waals surface area contributed by atoms with E-state index in [0.29, 0.717) is 24.2 Å². The summed E-state index contributed by atoms with van der Waals surface area (Å²) in [5.41, 5.74) is 7.96. The number of pyridine rings is 1. The number of nitrogens with zero attached hydrogens (tertiary/aromatic N) is 4. The minimum atomic E-state index is -1.11. The third-order valence-electron chi connectivity index (χ3n) is 8.43. The van der Waals surface area contributed by atoms with E-state index in [0.717, 1.165) is 62.4 Å². The lowest BCUT2D eigenvalue weighted by Crippen LogP contribution is -2.42. The SMILES string of the molecule is COc1c(C(=O)O)cnn1-c1cccc(-c2cc(C)ccc2OCc2ccc3c(c2C)CCN(C2CCOCC2)C3)n1. The fourth-order valence-corrected chi connectivity index (χ4v) is 6.09. The largest absolute Gasteiger partial charge is 0.488 e. The van der Waals surface area contributed by atoms with Gasteiger partial charge in [-0.3, -0.25) is 4.90 Å². The molecule has 0 spiro atoms. The van der Waals surface area contributed by atoms with Crippen LogP contribution in [0.2, 0.25) is 0 Å². The maximum atomic E-state index is 11.6. The number of aromatic nitrogens is 3. The van der Waals surface area contributed by atoms with Crippen molar-refractivity contribution in [2.24, 2.45) is 0 Å². The number of fused-ring (bicyclic) bond motifs is 1. The molecule has 0 saturated carbocycles. The highest BCUT2D eigenvalue weighted by atomic mass is 16.5. The van der Waals surface area contributed by atoms with Crippen LogP contribution in [-0.4, -0.2) is 63.7 Å². The predicted octanol–water partition coefficient (Wildman–Crippen LogP) is 5.37. The molecule has 42 heavy (non-hydrogen) atoms. The Bertz CT molecular complexity index is 1610. The van der Waals surface area contributed by atoms with Gasteiger partial charge in [-0.1, -0.05) is 29.8 Å². The van der Waals surface area contributed by atoms with E-state index in [2.05, 4.69) is 35.1 Å². The van der Waals surface area contributed by atoms with Crippen LogP contribution in [0.1, 0.15) is 51.0 Å². The lowest BCUT2D eigenvalue weighted by molar-refractivity contribution is 0.0290. The summed E-state index contributed by atoms with van der Waals surface area (Å²) in [5.74, 6) is 0.181. The van der Waals surface area contributed by atoms with Crippen LogP contribution in [0, 0.1) is 13.8 Å². The van der Waals surface area contributed by atoms with Crippen molar-refractivity contribution in [3.63, 3.8) is 0 Å². The molecule has 9 heteroatoms. The van der Waals surface area contributed by atoms with Crippen molar-refractivity contribution in [3.05, 3.63) is 88.1 Å². The van der Waals surface area contributed by atoms with Crippen LogP contribution in [0.5, 0.6) is 11.6 Å². The Balaban J connectivity index is 1.23. The van der Waals surface area contributed by atoms with Crippen LogP contribution in [0.3, 0.4) is 0 Å². The number of carboxylic acid groups (broad SMARTS) is 1. The maximum Gasteiger partial charge on any atom is 0.342 e. The summed E-state index contributed by atoms with van der Waals surface area (Å²) in [6, 6.07) is 16.7. The van der Waals surface area contributed by atoms with Crippen LogP contribution in [0.15, 0.2) is 54.7 Å². The summed E-state index contributed by atoms with van der Waals surface area (Å²) in [5, 5.41) is 13.7. The molecular weight excluding hydrogens is 532 g/mol. The standard InChI is InChI=1S/C33H36N4O5/c1-21-7-10-30(27(17-21)29-5-4-6-31(35-29)37-32(40-3)28(18-34-37)33(38)39)42-20-24-9-8-23-19-36(14-11-26(23)22(24)2)25-12-15-41-16-13-25/h4-10,17-18,25H,11-16,19-20H2,1-3H3,(H,38,39). The number of rotatable bonds is 8. The van der Waals surface area contributed by atoms with Crippen LogP contribution in [0.25, 0.3) is 17.1 Å². The number of methoxy groups -OCH3 is 1. The normalized spacial score (nSPS) is 15.8. The van der Waals surface area contributed by atoms with Gasteiger partial charge in [-0.05, 0) is 79.6 Å². The number of carbonyl (C=O) groups is 1. The fourth-order valence-electron chi connectivity index (χ4n) is 6.09. The number of benzene rings is 2. The zero-order valence-corrected chi connectivity index (χ0v) is 24.3. The molecule has 1 fully saturated rings. The molecule has 9 nitrogen and oxygen atoms in total. The molecule has 0 unspecified atom stereocenters. The van der Waals surface area contributed by atoms with Gasteiger partial charge >= 0.3 is 5.97 Å². The van der Waals surface area contributed by atoms with E-state index in [1.54, 1.807) is 6.07 Å². The van der Waals surface area contributed by atoms with Crippen molar-refractivity contribution in [3.8, 4) is 28.7 Å². The smallest absolute Gasteiger partial charge is 0.342 e. The zero-order valence-electron chi connectivity index (χ0n) is 24.3. The Morgan fingerprint density at radius 1 is 1.12 bits per heavy atom. The van der Waals surface area contributed by atoms with Crippen molar-refractivity contribution < 1.29 is 24.1 Å². The number of hydrogen-bond donors (Lipinski definition) is 1. The van der Waals surface area contributed by atoms with Gasteiger partial charge in [0, 0.05) is 37.9 Å². The molecule has 0 bridgehead atoms. The monoisotopic (exact) mass is 568 g/mol. The number of aromatic carboxylic acids is 1. The molecule has 2 aliphatic rings. The van der Waals surface area contributed by atoms with Crippen LogP contribution in [0.4, 0.5) is 0 Å². The molecule has 4 aromatic rings. The number of ether oxygens (including phenoxy) is 3. The van der Waals surface area contributed by atoms with Crippen molar-refractivity contribution in [1.29, 1.82) is 0 Å². The Hall–Kier alpha value is -4.21. The third-order valence-corrected chi connectivity index (χ3v) is 8.43. The van der Waals surface area contributed by atoms with Crippen molar-refractivity contribution in [1.82, 2.24) is 19.7 Å². The second-order valence-corrected chi connectivity index (χ2v) is 11.0. The molecule has 1 saturated heterocycles. The number of aryl methyl sites for hydroxylation is 1. The summed E-state index contributed by atoms with van der Waals surface area (Å²) in [6.45, 7) is 8.52. The molecular formula is C33H36N4O5. The molecule has 1 N–H and O–H groups in total. The third kappa shape index (κ3) is 5.49. The van der Waals surface area contributed by atoms with Gasteiger partial charge in [-0.25, -0.2) is 9.78 Å². The lowest BCUT2D eigenvalue weighted by Gasteiger charge is -2.38. The highest BCUT2D eigenvalue weighted by Gasteiger charge is 2.26. The maximum absolute atomic E-state index is 11.6. The first-order valence-electron chi connectivity index (χ1n) is 14.4. The molecule has 0 aliphatic carbocycles. The quantitative estimate of drug-likeness (QED) is 0.303. The summed E-state index contributed by atoms with van der Waals surface area (Å²) in [4.78, 5) is 19.0. The molecule has 2 aliphatic heterocycles. The summed E-state index contributed by atoms with van der Waals surface area (Å²) in [7, 11) is 1.42. The summed E-state index contributed by atoms with van der Waals surface area (Å²) >= 11 is 0. The van der Waals surface area contributed by atoms with Gasteiger partial charge in [0.1, 0.15) is 17.9 Å². The van der Waals surface area contributed by atoms with Crippen molar-refractivity contribution in [2.75, 3.05) is 26.9 Å². The van der Waals surface area contributed by atoms with Crippen LogP contribution < -0.4 is 9.47 Å². The molecule has 0 amide bonds. The molecule has 6 rings (SSSR count). The Morgan fingerprint density at radius 3 is 2.74 bits per heavy atom. The average Bonchev–Trinajstić information content (AvgIpc) is 3.46. The van der Waals surface area contributed by atoms with E-state index in [4.69, 9.17) is 19.2 Å². The van der Waals surface area contributed by atoms with E-state index in [9.17, 15) is 9.90 Å². The van der Waals surface area contributed by atoms with Crippen molar-refractivity contribution in [2.45, 2.75) is 52.3 Å². The summed E-state index contributed by atoms with van der Waals surface area (Å²) < 4.78 is 18.8. The first-order chi connectivity index (χ1) is 20.4. The van der Waals surface area contributed by atoms with E-state index < -0.39 is 5.97 Å². The summed E-state index contributed by atoms with van der Waals surface area (Å²) in [6.07, 6.45) is 4.56. The minimum Gasteiger partial charge on any atom is -0.488 e. The first-order valence-corrected chi connectivity index (χ1v) is 14.4.